The van der Waals surface area contributed by atoms with Gasteiger partial charge in [-0.2, -0.15) is 18.3 Å². The van der Waals surface area contributed by atoms with Crippen LogP contribution in [0.1, 0.15) is 27.2 Å². The van der Waals surface area contributed by atoms with Crippen LogP contribution in [0.25, 0.3) is 0 Å². The third-order valence-corrected chi connectivity index (χ3v) is 3.96. The number of hydrogen-bond donors (Lipinski definition) is 0. The Hall–Kier alpha value is -3.03. The van der Waals surface area contributed by atoms with Crippen molar-refractivity contribution in [2.75, 3.05) is 0 Å². The normalized spacial score (nSPS) is 11.6. The molecule has 0 saturated carbocycles. The van der Waals surface area contributed by atoms with Gasteiger partial charge in [0.1, 0.15) is 11.6 Å². The number of Topliss-reactive ketones (excluding diaryl/α,β-unsaturated/α-hetero) is 1. The maximum Gasteiger partial charge on any atom is 0.416 e. The van der Waals surface area contributed by atoms with Gasteiger partial charge in [0.15, 0.2) is 5.78 Å². The van der Waals surface area contributed by atoms with E-state index in [0.29, 0.717) is 0 Å². The van der Waals surface area contributed by atoms with Crippen molar-refractivity contribution in [1.29, 1.82) is 0 Å². The molecule has 0 aliphatic heterocycles. The van der Waals surface area contributed by atoms with E-state index in [-0.39, 0.29) is 17.7 Å². The van der Waals surface area contributed by atoms with Crippen LogP contribution in [0.2, 0.25) is 0 Å². The Morgan fingerprint density at radius 3 is 2.37 bits per heavy atom. The zero-order valence-corrected chi connectivity index (χ0v) is 13.8. The minimum Gasteiger partial charge on any atom is -0.294 e. The Labute approximate surface area is 151 Å². The Morgan fingerprint density at radius 1 is 0.963 bits per heavy atom. The highest BCUT2D eigenvalue weighted by Crippen LogP contribution is 2.33. The fourth-order valence-electron chi connectivity index (χ4n) is 2.68. The van der Waals surface area contributed by atoms with E-state index in [0.717, 1.165) is 28.9 Å². The van der Waals surface area contributed by atoms with Crippen molar-refractivity contribution in [3.05, 3.63) is 88.7 Å². The zero-order chi connectivity index (χ0) is 19.6. The molecular weight excluding hydrogens is 367 g/mol. The molecule has 1 aromatic heterocycles. The smallest absolute Gasteiger partial charge is 0.294 e. The molecule has 0 fully saturated rings. The first-order valence-corrected chi connectivity index (χ1v) is 7.90. The Kier molecular flexibility index (Phi) is 5.07. The van der Waals surface area contributed by atoms with E-state index in [1.807, 2.05) is 0 Å². The van der Waals surface area contributed by atoms with E-state index in [4.69, 9.17) is 0 Å². The largest absolute Gasteiger partial charge is 0.416 e. The Morgan fingerprint density at radius 2 is 1.67 bits per heavy atom. The summed E-state index contributed by atoms with van der Waals surface area (Å²) in [6.07, 6.45) is -3.58. The summed E-state index contributed by atoms with van der Waals surface area (Å²) in [6, 6.07) is 9.61. The van der Waals surface area contributed by atoms with Crippen LogP contribution in [0.3, 0.4) is 0 Å². The average Bonchev–Trinajstić information content (AvgIpc) is 3.03. The molecular formula is C19H13F5N2O. The summed E-state index contributed by atoms with van der Waals surface area (Å²) >= 11 is 0. The highest BCUT2D eigenvalue weighted by Gasteiger charge is 2.34. The molecule has 8 heteroatoms. The number of benzene rings is 2. The molecule has 3 nitrogen and oxygen atoms in total. The number of halogens is 5. The Balaban J connectivity index is 1.80. The fourth-order valence-corrected chi connectivity index (χ4v) is 2.68. The van der Waals surface area contributed by atoms with Crippen LogP contribution in [-0.4, -0.2) is 15.6 Å². The maximum atomic E-state index is 13.9. The third kappa shape index (κ3) is 4.21. The molecule has 0 bridgehead atoms. The summed E-state index contributed by atoms with van der Waals surface area (Å²) in [6.45, 7) is -0.449. The summed E-state index contributed by atoms with van der Waals surface area (Å²) in [7, 11) is 0. The predicted octanol–water partition coefficient (Wildman–Crippen LogP) is 4.65. The topological polar surface area (TPSA) is 34.9 Å². The van der Waals surface area contributed by atoms with Crippen molar-refractivity contribution in [3.63, 3.8) is 0 Å². The standard InChI is InChI=1S/C19H13F5N2O/c20-16-6-2-1-4-13(16)18(27)10-12-8-9-26(25-12)11-14-15(19(22,23)24)5-3-7-17(14)21/h1-9H,10-11H2. The number of alkyl halides is 3. The van der Waals surface area contributed by atoms with E-state index in [9.17, 15) is 26.7 Å². The van der Waals surface area contributed by atoms with Gasteiger partial charge in [-0.05, 0) is 30.3 Å². The molecule has 0 amide bonds. The summed E-state index contributed by atoms with van der Waals surface area (Å²) in [4.78, 5) is 12.1. The number of carbonyl (C=O) groups is 1. The summed E-state index contributed by atoms with van der Waals surface area (Å²) in [5, 5.41) is 4.00. The van der Waals surface area contributed by atoms with E-state index in [1.165, 1.54) is 30.5 Å². The van der Waals surface area contributed by atoms with Crippen molar-refractivity contribution in [2.45, 2.75) is 19.1 Å². The summed E-state index contributed by atoms with van der Waals surface area (Å²) < 4.78 is 67.8. The molecule has 0 N–H and O–H groups in total. The van der Waals surface area contributed by atoms with Crippen molar-refractivity contribution in [1.82, 2.24) is 9.78 Å². The van der Waals surface area contributed by atoms with Crippen molar-refractivity contribution in [3.8, 4) is 0 Å². The first-order valence-electron chi connectivity index (χ1n) is 7.90. The predicted molar refractivity (Wildman–Crippen MR) is 87.2 cm³/mol. The molecule has 0 atom stereocenters. The molecule has 3 aromatic rings. The lowest BCUT2D eigenvalue weighted by Crippen LogP contribution is -2.14. The second-order valence-corrected chi connectivity index (χ2v) is 5.85. The van der Waals surface area contributed by atoms with Gasteiger partial charge in [-0.3, -0.25) is 9.48 Å². The molecule has 0 aliphatic rings. The van der Waals surface area contributed by atoms with E-state index in [1.54, 1.807) is 0 Å². The van der Waals surface area contributed by atoms with Crippen LogP contribution >= 0.6 is 0 Å². The summed E-state index contributed by atoms with van der Waals surface area (Å²) in [5.41, 5.74) is -1.48. The first-order chi connectivity index (χ1) is 12.8. The Bertz CT molecular complexity index is 978. The van der Waals surface area contributed by atoms with Crippen molar-refractivity contribution in [2.24, 2.45) is 0 Å². The van der Waals surface area contributed by atoms with Crippen LogP contribution in [0, 0.1) is 11.6 Å². The monoisotopic (exact) mass is 380 g/mol. The second kappa shape index (κ2) is 7.30. The lowest BCUT2D eigenvalue weighted by molar-refractivity contribution is -0.138. The molecule has 0 spiro atoms. The second-order valence-electron chi connectivity index (χ2n) is 5.85. The lowest BCUT2D eigenvalue weighted by atomic mass is 10.1. The van der Waals surface area contributed by atoms with Gasteiger partial charge in [-0.1, -0.05) is 18.2 Å². The minimum atomic E-state index is -4.70. The molecule has 0 unspecified atom stereocenters. The molecule has 27 heavy (non-hydrogen) atoms. The van der Waals surface area contributed by atoms with Gasteiger partial charge >= 0.3 is 6.18 Å². The van der Waals surface area contributed by atoms with Crippen LogP contribution < -0.4 is 0 Å². The van der Waals surface area contributed by atoms with E-state index >= 15 is 0 Å². The molecule has 0 aliphatic carbocycles. The highest BCUT2D eigenvalue weighted by molar-refractivity contribution is 5.97. The van der Waals surface area contributed by atoms with Gasteiger partial charge < -0.3 is 0 Å². The van der Waals surface area contributed by atoms with E-state index in [2.05, 4.69) is 5.10 Å². The number of rotatable bonds is 5. The van der Waals surface area contributed by atoms with Crippen LogP contribution in [-0.2, 0) is 19.1 Å². The van der Waals surface area contributed by atoms with Gasteiger partial charge in [-0.15, -0.1) is 0 Å². The van der Waals surface area contributed by atoms with Crippen molar-refractivity contribution >= 4 is 5.78 Å². The molecule has 2 aromatic carbocycles. The molecule has 0 radical (unpaired) electrons. The highest BCUT2D eigenvalue weighted by atomic mass is 19.4. The third-order valence-electron chi connectivity index (χ3n) is 3.96. The molecule has 140 valence electrons. The number of hydrogen-bond acceptors (Lipinski definition) is 2. The number of carbonyl (C=O) groups excluding carboxylic acids is 1. The number of ketones is 1. The SMILES string of the molecule is O=C(Cc1ccn(Cc2c(F)cccc2C(F)(F)F)n1)c1ccccc1F. The fraction of sp³-hybridized carbons (Fsp3) is 0.158. The van der Waals surface area contributed by atoms with Gasteiger partial charge in [0, 0.05) is 11.8 Å². The van der Waals surface area contributed by atoms with E-state index < -0.39 is 41.3 Å². The summed E-state index contributed by atoms with van der Waals surface area (Å²) in [5.74, 6) is -2.17. The molecule has 0 saturated heterocycles. The number of aromatic nitrogens is 2. The van der Waals surface area contributed by atoms with Gasteiger partial charge in [-0.25, -0.2) is 8.78 Å². The van der Waals surface area contributed by atoms with Gasteiger partial charge in [0.2, 0.25) is 0 Å². The minimum absolute atomic E-state index is 0.0967. The average molecular weight is 380 g/mol. The zero-order valence-electron chi connectivity index (χ0n) is 13.8. The maximum absolute atomic E-state index is 13.9. The molecule has 1 heterocycles. The van der Waals surface area contributed by atoms with Gasteiger partial charge in [0.25, 0.3) is 0 Å². The van der Waals surface area contributed by atoms with Crippen LogP contribution in [0.5, 0.6) is 0 Å². The van der Waals surface area contributed by atoms with Crippen molar-refractivity contribution < 1.29 is 26.7 Å². The number of nitrogens with zero attached hydrogens (tertiary/aromatic N) is 2. The van der Waals surface area contributed by atoms with Crippen LogP contribution in [0.15, 0.2) is 54.7 Å². The van der Waals surface area contributed by atoms with Gasteiger partial charge in [0.05, 0.1) is 29.8 Å². The molecule has 3 rings (SSSR count). The van der Waals surface area contributed by atoms with Crippen LogP contribution in [0.4, 0.5) is 22.0 Å². The first kappa shape index (κ1) is 18.8. The quantitative estimate of drug-likeness (QED) is 0.477. The lowest BCUT2D eigenvalue weighted by Gasteiger charge is -2.13.